The summed E-state index contributed by atoms with van der Waals surface area (Å²) in [4.78, 5) is 22.8. The number of rotatable bonds is 14. The van der Waals surface area contributed by atoms with Crippen molar-refractivity contribution in [2.24, 2.45) is 0 Å². The Morgan fingerprint density at radius 3 is 1.80 bits per heavy atom. The standard InChI is InChI=1S/C26H34O4/c1-2-3-4-5-6-7-8-9-10-11-12-20-13-15-21(16-14-20)24-19-22(25(27)28)17-18-23(24)26(29)30/h13-19H,2-12H2,1H3,(H,27,28)(H,29,30). The van der Waals surface area contributed by atoms with E-state index < -0.39 is 11.9 Å². The van der Waals surface area contributed by atoms with Gasteiger partial charge in [-0.3, -0.25) is 0 Å². The number of aryl methyl sites for hydroxylation is 1. The first kappa shape index (κ1) is 23.7. The first-order valence-corrected chi connectivity index (χ1v) is 11.2. The summed E-state index contributed by atoms with van der Waals surface area (Å²) >= 11 is 0. The molecule has 0 atom stereocenters. The van der Waals surface area contributed by atoms with E-state index in [4.69, 9.17) is 0 Å². The van der Waals surface area contributed by atoms with Gasteiger partial charge in [0.05, 0.1) is 11.1 Å². The maximum absolute atomic E-state index is 11.5. The van der Waals surface area contributed by atoms with Gasteiger partial charge in [-0.15, -0.1) is 0 Å². The molecule has 0 radical (unpaired) electrons. The maximum atomic E-state index is 11.5. The van der Waals surface area contributed by atoms with Gasteiger partial charge >= 0.3 is 11.9 Å². The van der Waals surface area contributed by atoms with Crippen LogP contribution in [0.5, 0.6) is 0 Å². The maximum Gasteiger partial charge on any atom is 0.336 e. The summed E-state index contributed by atoms with van der Waals surface area (Å²) in [6.45, 7) is 2.25. The Bertz CT molecular complexity index is 808. The topological polar surface area (TPSA) is 74.6 Å². The molecule has 2 N–H and O–H groups in total. The molecule has 0 heterocycles. The van der Waals surface area contributed by atoms with Crippen molar-refractivity contribution in [2.75, 3.05) is 0 Å². The Hall–Kier alpha value is -2.62. The molecule has 4 nitrogen and oxygen atoms in total. The van der Waals surface area contributed by atoms with Crippen LogP contribution in [0.1, 0.15) is 97.4 Å². The van der Waals surface area contributed by atoms with Crippen LogP contribution < -0.4 is 0 Å². The molecule has 0 amide bonds. The van der Waals surface area contributed by atoms with E-state index in [2.05, 4.69) is 6.92 Å². The van der Waals surface area contributed by atoms with Gasteiger partial charge in [0.25, 0.3) is 0 Å². The van der Waals surface area contributed by atoms with Gasteiger partial charge in [0.15, 0.2) is 0 Å². The third kappa shape index (κ3) is 7.66. The number of aromatic carboxylic acids is 2. The number of benzene rings is 2. The van der Waals surface area contributed by atoms with E-state index in [0.717, 1.165) is 18.4 Å². The van der Waals surface area contributed by atoms with Gasteiger partial charge in [-0.1, -0.05) is 89.0 Å². The van der Waals surface area contributed by atoms with E-state index in [-0.39, 0.29) is 11.1 Å². The summed E-state index contributed by atoms with van der Waals surface area (Å²) in [6.07, 6.45) is 14.1. The Morgan fingerprint density at radius 2 is 1.27 bits per heavy atom. The molecule has 0 aliphatic heterocycles. The van der Waals surface area contributed by atoms with Crippen LogP contribution in [0.3, 0.4) is 0 Å². The lowest BCUT2D eigenvalue weighted by Crippen LogP contribution is -2.03. The Labute approximate surface area is 180 Å². The molecule has 0 aliphatic rings. The smallest absolute Gasteiger partial charge is 0.336 e. The average molecular weight is 411 g/mol. The zero-order valence-corrected chi connectivity index (χ0v) is 18.0. The zero-order valence-electron chi connectivity index (χ0n) is 18.0. The molecule has 2 rings (SSSR count). The molecule has 0 spiro atoms. The second-order valence-electron chi connectivity index (χ2n) is 8.00. The SMILES string of the molecule is CCCCCCCCCCCCc1ccc(-c2cc(C(=O)O)ccc2C(=O)O)cc1. The highest BCUT2D eigenvalue weighted by molar-refractivity contribution is 5.99. The highest BCUT2D eigenvalue weighted by Gasteiger charge is 2.15. The minimum atomic E-state index is -1.06. The Kier molecular flexibility index (Phi) is 10.1. The largest absolute Gasteiger partial charge is 0.478 e. The van der Waals surface area contributed by atoms with Gasteiger partial charge < -0.3 is 10.2 Å². The number of carbonyl (C=O) groups is 2. The fourth-order valence-electron chi connectivity index (χ4n) is 3.77. The molecule has 0 bridgehead atoms. The van der Waals surface area contributed by atoms with E-state index in [0.29, 0.717) is 5.56 Å². The normalized spacial score (nSPS) is 10.8. The van der Waals surface area contributed by atoms with E-state index in [1.54, 1.807) is 0 Å². The van der Waals surface area contributed by atoms with Crippen LogP contribution in [-0.4, -0.2) is 22.2 Å². The van der Waals surface area contributed by atoms with E-state index >= 15 is 0 Å². The summed E-state index contributed by atoms with van der Waals surface area (Å²) in [6, 6.07) is 11.9. The molecule has 2 aromatic carbocycles. The predicted octanol–water partition coefficient (Wildman–Crippen LogP) is 7.21. The zero-order chi connectivity index (χ0) is 21.8. The molecule has 0 fully saturated rings. The number of hydrogen-bond donors (Lipinski definition) is 2. The van der Waals surface area contributed by atoms with Gasteiger partial charge in [0.2, 0.25) is 0 Å². The van der Waals surface area contributed by atoms with E-state index in [9.17, 15) is 19.8 Å². The molecule has 0 saturated carbocycles. The van der Waals surface area contributed by atoms with Gasteiger partial charge in [-0.2, -0.15) is 0 Å². The van der Waals surface area contributed by atoms with Crippen LogP contribution in [0.2, 0.25) is 0 Å². The molecular formula is C26H34O4. The first-order chi connectivity index (χ1) is 14.5. The van der Waals surface area contributed by atoms with Gasteiger partial charge in [-0.05, 0) is 47.7 Å². The van der Waals surface area contributed by atoms with Crippen molar-refractivity contribution in [1.82, 2.24) is 0 Å². The first-order valence-electron chi connectivity index (χ1n) is 11.2. The summed E-state index contributed by atoms with van der Waals surface area (Å²) in [5.41, 5.74) is 2.59. The molecule has 0 aliphatic carbocycles. The number of hydrogen-bond acceptors (Lipinski definition) is 2. The van der Waals surface area contributed by atoms with Crippen molar-refractivity contribution in [3.05, 3.63) is 59.2 Å². The van der Waals surface area contributed by atoms with Gasteiger partial charge in [0, 0.05) is 0 Å². The second-order valence-corrected chi connectivity index (χ2v) is 8.00. The van der Waals surface area contributed by atoms with Crippen molar-refractivity contribution in [2.45, 2.75) is 77.6 Å². The minimum absolute atomic E-state index is 0.0874. The lowest BCUT2D eigenvalue weighted by Gasteiger charge is -2.09. The molecule has 30 heavy (non-hydrogen) atoms. The Morgan fingerprint density at radius 1 is 0.700 bits per heavy atom. The highest BCUT2D eigenvalue weighted by Crippen LogP contribution is 2.26. The number of unbranched alkanes of at least 4 members (excludes halogenated alkanes) is 9. The third-order valence-corrected chi connectivity index (χ3v) is 5.58. The van der Waals surface area contributed by atoms with Crippen LogP contribution in [-0.2, 0) is 6.42 Å². The van der Waals surface area contributed by atoms with Gasteiger partial charge in [0.1, 0.15) is 0 Å². The lowest BCUT2D eigenvalue weighted by molar-refractivity contribution is 0.0682. The molecule has 0 saturated heterocycles. The lowest BCUT2D eigenvalue weighted by atomic mass is 9.95. The molecular weight excluding hydrogens is 376 g/mol. The fourth-order valence-corrected chi connectivity index (χ4v) is 3.77. The predicted molar refractivity (Wildman–Crippen MR) is 121 cm³/mol. The van der Waals surface area contributed by atoms with Crippen LogP contribution in [0.4, 0.5) is 0 Å². The van der Waals surface area contributed by atoms with Crippen LogP contribution >= 0.6 is 0 Å². The average Bonchev–Trinajstić information content (AvgIpc) is 2.75. The van der Waals surface area contributed by atoms with Crippen molar-refractivity contribution in [3.63, 3.8) is 0 Å². The molecule has 162 valence electrons. The van der Waals surface area contributed by atoms with Crippen molar-refractivity contribution >= 4 is 11.9 Å². The molecule has 4 heteroatoms. The minimum Gasteiger partial charge on any atom is -0.478 e. The number of carboxylic acid groups (broad SMARTS) is 2. The van der Waals surface area contributed by atoms with Crippen LogP contribution in [0.15, 0.2) is 42.5 Å². The summed E-state index contributed by atoms with van der Waals surface area (Å²) in [5, 5.41) is 18.6. The van der Waals surface area contributed by atoms with Crippen LogP contribution in [0, 0.1) is 0 Å². The Balaban J connectivity index is 1.82. The third-order valence-electron chi connectivity index (χ3n) is 5.58. The quantitative estimate of drug-likeness (QED) is 0.323. The summed E-state index contributed by atoms with van der Waals surface area (Å²) in [7, 11) is 0. The monoisotopic (exact) mass is 410 g/mol. The van der Waals surface area contributed by atoms with Crippen molar-refractivity contribution < 1.29 is 19.8 Å². The van der Waals surface area contributed by atoms with Crippen LogP contribution in [0.25, 0.3) is 11.1 Å². The summed E-state index contributed by atoms with van der Waals surface area (Å²) < 4.78 is 0. The number of carboxylic acids is 2. The van der Waals surface area contributed by atoms with Crippen molar-refractivity contribution in [1.29, 1.82) is 0 Å². The summed E-state index contributed by atoms with van der Waals surface area (Å²) in [5.74, 6) is -2.12. The molecule has 0 unspecified atom stereocenters. The van der Waals surface area contributed by atoms with E-state index in [1.165, 1.54) is 81.5 Å². The van der Waals surface area contributed by atoms with E-state index in [1.807, 2.05) is 24.3 Å². The molecule has 2 aromatic rings. The van der Waals surface area contributed by atoms with Gasteiger partial charge in [-0.25, -0.2) is 9.59 Å². The fraction of sp³-hybridized carbons (Fsp3) is 0.462. The molecule has 0 aromatic heterocycles. The highest BCUT2D eigenvalue weighted by atomic mass is 16.4. The van der Waals surface area contributed by atoms with Crippen molar-refractivity contribution in [3.8, 4) is 11.1 Å². The second kappa shape index (κ2) is 12.8.